The fraction of sp³-hybridized carbons (Fsp3) is 0.263. The molecule has 4 rings (SSSR count). The first-order chi connectivity index (χ1) is 23.7. The number of hydrogen-bond donors (Lipinski definition) is 4. The van der Waals surface area contributed by atoms with Crippen LogP contribution in [0.3, 0.4) is 0 Å². The summed E-state index contributed by atoms with van der Waals surface area (Å²) in [4.78, 5) is 57.2. The summed E-state index contributed by atoms with van der Waals surface area (Å²) in [5.41, 5.74) is 4.29. The molecular formula is C38H39ClN6O4. The smallest absolute Gasteiger partial charge is 0.323 e. The molecule has 0 aliphatic carbocycles. The minimum atomic E-state index is -0.448. The normalized spacial score (nSPS) is 10.3. The van der Waals surface area contributed by atoms with E-state index in [-0.39, 0.29) is 22.6 Å². The van der Waals surface area contributed by atoms with Crippen molar-refractivity contribution >= 4 is 52.2 Å². The Labute approximate surface area is 291 Å². The van der Waals surface area contributed by atoms with Crippen molar-refractivity contribution in [1.29, 1.82) is 0 Å². The number of nitrogens with zero attached hydrogens (tertiary/aromatic N) is 2. The number of carbonyl (C=O) groups is 4. The van der Waals surface area contributed by atoms with E-state index in [0.29, 0.717) is 51.6 Å². The number of urea groups is 1. The quantitative estimate of drug-likeness (QED) is 0.0436. The predicted molar refractivity (Wildman–Crippen MR) is 194 cm³/mol. The standard InChI is InChI=1S/C38H39ClN6O4/c1-26(46)33-13-10-14-34(36(33)27(2)47)41-19-7-5-3-4-6-8-20-43-37(48)29-12-9-11-28(23-29)15-16-30-24-31(17-21-40-30)44-38(49)45-32-18-22-42-35(39)25-32/h9-14,17-18,21-25,41H,3-8,19-20H2,1-2H3,(H,43,48)(H2,40,42,44,45,49). The molecule has 0 spiro atoms. The third-order valence-electron chi connectivity index (χ3n) is 7.46. The van der Waals surface area contributed by atoms with Crippen LogP contribution in [0.15, 0.2) is 79.1 Å². The van der Waals surface area contributed by atoms with E-state index in [1.165, 1.54) is 26.1 Å². The molecule has 0 radical (unpaired) electrons. The zero-order valence-electron chi connectivity index (χ0n) is 27.6. The lowest BCUT2D eigenvalue weighted by Gasteiger charge is -2.13. The third kappa shape index (κ3) is 11.9. The van der Waals surface area contributed by atoms with Crippen molar-refractivity contribution in [3.8, 4) is 11.8 Å². The van der Waals surface area contributed by atoms with Crippen LogP contribution in [-0.4, -0.2) is 46.6 Å². The molecule has 11 heteroatoms. The predicted octanol–water partition coefficient (Wildman–Crippen LogP) is 7.76. The number of halogens is 1. The van der Waals surface area contributed by atoms with Crippen LogP contribution in [0.2, 0.25) is 5.15 Å². The Balaban J connectivity index is 1.14. The molecule has 4 aromatic rings. The Morgan fingerprint density at radius 2 is 1.39 bits per heavy atom. The first-order valence-electron chi connectivity index (χ1n) is 16.1. The van der Waals surface area contributed by atoms with Crippen LogP contribution in [0.5, 0.6) is 0 Å². The van der Waals surface area contributed by atoms with Crippen LogP contribution in [-0.2, 0) is 0 Å². The highest BCUT2D eigenvalue weighted by Gasteiger charge is 2.15. The van der Waals surface area contributed by atoms with Gasteiger partial charge in [-0.15, -0.1) is 0 Å². The second-order valence-electron chi connectivity index (χ2n) is 11.4. The molecule has 2 aromatic carbocycles. The number of anilines is 3. The topological polar surface area (TPSA) is 142 Å². The Morgan fingerprint density at radius 1 is 0.714 bits per heavy atom. The minimum Gasteiger partial charge on any atom is -0.384 e. The summed E-state index contributed by atoms with van der Waals surface area (Å²) in [5, 5.41) is 12.0. The van der Waals surface area contributed by atoms with E-state index in [0.717, 1.165) is 45.1 Å². The van der Waals surface area contributed by atoms with E-state index in [1.807, 2.05) is 12.1 Å². The highest BCUT2D eigenvalue weighted by molar-refractivity contribution is 6.29. The van der Waals surface area contributed by atoms with Gasteiger partial charge < -0.3 is 21.3 Å². The van der Waals surface area contributed by atoms with Crippen LogP contribution < -0.4 is 21.3 Å². The maximum absolute atomic E-state index is 12.7. The molecule has 0 aliphatic heterocycles. The summed E-state index contributed by atoms with van der Waals surface area (Å²) in [6, 6.07) is 18.4. The SMILES string of the molecule is CC(=O)c1cccc(NCCCCCCCCNC(=O)c2cccc(C#Cc3cc(NC(=O)Nc4ccnc(Cl)c4)ccn3)c2)c1C(C)=O. The van der Waals surface area contributed by atoms with Gasteiger partial charge in [0, 0.05) is 59.2 Å². The van der Waals surface area contributed by atoms with Crippen LogP contribution in [0.25, 0.3) is 0 Å². The minimum absolute atomic E-state index is 0.118. The second kappa shape index (κ2) is 18.7. The van der Waals surface area contributed by atoms with Gasteiger partial charge in [0.15, 0.2) is 11.6 Å². The number of rotatable bonds is 15. The molecule has 0 saturated carbocycles. The van der Waals surface area contributed by atoms with Crippen molar-refractivity contribution in [1.82, 2.24) is 15.3 Å². The maximum Gasteiger partial charge on any atom is 0.323 e. The van der Waals surface area contributed by atoms with Crippen LogP contribution in [0, 0.1) is 11.8 Å². The van der Waals surface area contributed by atoms with Gasteiger partial charge in [-0.25, -0.2) is 14.8 Å². The molecule has 0 unspecified atom stereocenters. The molecule has 3 amide bonds. The molecule has 252 valence electrons. The van der Waals surface area contributed by atoms with Crippen LogP contribution in [0.4, 0.5) is 21.9 Å². The lowest BCUT2D eigenvalue weighted by molar-refractivity contribution is 0.0951. The van der Waals surface area contributed by atoms with Gasteiger partial charge in [-0.1, -0.05) is 61.4 Å². The van der Waals surface area contributed by atoms with Crippen molar-refractivity contribution in [3.05, 3.63) is 112 Å². The molecule has 2 heterocycles. The molecule has 0 fully saturated rings. The number of ketones is 2. The molecule has 0 aliphatic rings. The van der Waals surface area contributed by atoms with Gasteiger partial charge in [0.1, 0.15) is 10.8 Å². The Bertz CT molecular complexity index is 1870. The summed E-state index contributed by atoms with van der Waals surface area (Å²) >= 11 is 5.86. The van der Waals surface area contributed by atoms with Gasteiger partial charge in [0.05, 0.1) is 5.56 Å². The van der Waals surface area contributed by atoms with Gasteiger partial charge in [-0.05, 0) is 81.1 Å². The van der Waals surface area contributed by atoms with Gasteiger partial charge >= 0.3 is 6.03 Å². The highest BCUT2D eigenvalue weighted by Crippen LogP contribution is 2.22. The van der Waals surface area contributed by atoms with Gasteiger partial charge in [-0.2, -0.15) is 0 Å². The number of amides is 3. The van der Waals surface area contributed by atoms with E-state index in [4.69, 9.17) is 11.6 Å². The molecule has 4 N–H and O–H groups in total. The van der Waals surface area contributed by atoms with Crippen molar-refractivity contribution in [2.45, 2.75) is 52.4 Å². The summed E-state index contributed by atoms with van der Waals surface area (Å²) in [5.74, 6) is 5.63. The van der Waals surface area contributed by atoms with E-state index in [9.17, 15) is 19.2 Å². The molecule has 2 aromatic heterocycles. The van der Waals surface area contributed by atoms with Gasteiger partial charge in [0.25, 0.3) is 5.91 Å². The van der Waals surface area contributed by atoms with Crippen molar-refractivity contribution in [2.75, 3.05) is 29.0 Å². The van der Waals surface area contributed by atoms with E-state index < -0.39 is 6.03 Å². The van der Waals surface area contributed by atoms with Crippen molar-refractivity contribution in [2.24, 2.45) is 0 Å². The van der Waals surface area contributed by atoms with Gasteiger partial charge in [-0.3, -0.25) is 14.4 Å². The number of unbranched alkanes of at least 4 members (excludes halogenated alkanes) is 5. The van der Waals surface area contributed by atoms with E-state index in [1.54, 1.807) is 54.7 Å². The summed E-state index contributed by atoms with van der Waals surface area (Å²) in [6.45, 7) is 4.27. The summed E-state index contributed by atoms with van der Waals surface area (Å²) in [6.07, 6.45) is 9.08. The Morgan fingerprint density at radius 3 is 2.10 bits per heavy atom. The van der Waals surface area contributed by atoms with Crippen molar-refractivity contribution in [3.63, 3.8) is 0 Å². The molecule has 0 atom stereocenters. The molecule has 0 bridgehead atoms. The second-order valence-corrected chi connectivity index (χ2v) is 11.7. The van der Waals surface area contributed by atoms with E-state index in [2.05, 4.69) is 43.1 Å². The lowest BCUT2D eigenvalue weighted by atomic mass is 9.99. The zero-order chi connectivity index (χ0) is 35.0. The number of carbonyl (C=O) groups excluding carboxylic acids is 4. The first-order valence-corrected chi connectivity index (χ1v) is 16.5. The number of pyridine rings is 2. The van der Waals surface area contributed by atoms with Crippen molar-refractivity contribution < 1.29 is 19.2 Å². The summed E-state index contributed by atoms with van der Waals surface area (Å²) in [7, 11) is 0. The maximum atomic E-state index is 12.7. The largest absolute Gasteiger partial charge is 0.384 e. The average molecular weight is 679 g/mol. The molecule has 0 saturated heterocycles. The Kier molecular flexibility index (Phi) is 13.9. The van der Waals surface area contributed by atoms with E-state index >= 15 is 0 Å². The third-order valence-corrected chi connectivity index (χ3v) is 7.67. The number of hydrogen-bond acceptors (Lipinski definition) is 7. The van der Waals surface area contributed by atoms with Crippen LogP contribution >= 0.6 is 11.6 Å². The first kappa shape index (κ1) is 36.3. The molecule has 10 nitrogen and oxygen atoms in total. The highest BCUT2D eigenvalue weighted by atomic mass is 35.5. The number of nitrogens with one attached hydrogen (secondary N) is 4. The van der Waals surface area contributed by atoms with Crippen LogP contribution in [0.1, 0.15) is 94.7 Å². The lowest BCUT2D eigenvalue weighted by Crippen LogP contribution is -2.24. The fourth-order valence-corrected chi connectivity index (χ4v) is 5.26. The monoisotopic (exact) mass is 678 g/mol. The summed E-state index contributed by atoms with van der Waals surface area (Å²) < 4.78 is 0. The molecular weight excluding hydrogens is 640 g/mol. The number of benzene rings is 2. The van der Waals surface area contributed by atoms with Gasteiger partial charge in [0.2, 0.25) is 0 Å². The average Bonchev–Trinajstić information content (AvgIpc) is 3.08. The number of aromatic nitrogens is 2. The zero-order valence-corrected chi connectivity index (χ0v) is 28.3. The Hall–Kier alpha value is -5.53. The number of Topliss-reactive ketones (excluding diaryl/α,β-unsaturated/α-hetero) is 2. The fourth-order valence-electron chi connectivity index (χ4n) is 5.08. The molecule has 49 heavy (non-hydrogen) atoms.